The number of rotatable bonds is 3. The normalized spacial score (nSPS) is 11.4. The second-order valence-corrected chi connectivity index (χ2v) is 3.89. The summed E-state index contributed by atoms with van der Waals surface area (Å²) in [4.78, 5) is 3.42. The van der Waals surface area contributed by atoms with Crippen LogP contribution in [0, 0.1) is 5.95 Å². The molecule has 0 aliphatic carbocycles. The number of benzene rings is 1. The number of ether oxygens (including phenoxy) is 1. The summed E-state index contributed by atoms with van der Waals surface area (Å²) in [7, 11) is 0. The summed E-state index contributed by atoms with van der Waals surface area (Å²) in [6.45, 7) is -0.376. The lowest BCUT2D eigenvalue weighted by atomic mass is 10.0. The van der Waals surface area contributed by atoms with Crippen LogP contribution in [0.15, 0.2) is 36.5 Å². The van der Waals surface area contributed by atoms with Crippen LogP contribution in [0.1, 0.15) is 5.56 Å². The summed E-state index contributed by atoms with van der Waals surface area (Å²) in [5, 5.41) is 9.20. The van der Waals surface area contributed by atoms with Crippen molar-refractivity contribution >= 4 is 0 Å². The van der Waals surface area contributed by atoms with Gasteiger partial charge in [-0.15, -0.1) is 13.2 Å². The molecule has 1 heterocycles. The van der Waals surface area contributed by atoms with Gasteiger partial charge in [-0.25, -0.2) is 4.98 Å². The van der Waals surface area contributed by atoms with E-state index in [2.05, 4.69) is 9.72 Å². The van der Waals surface area contributed by atoms with Gasteiger partial charge in [-0.05, 0) is 35.4 Å². The number of aliphatic hydroxyl groups excluding tert-OH is 1. The Morgan fingerprint density at radius 1 is 1.15 bits per heavy atom. The van der Waals surface area contributed by atoms with Crippen molar-refractivity contribution < 1.29 is 27.4 Å². The fourth-order valence-electron chi connectivity index (χ4n) is 1.69. The first-order valence-electron chi connectivity index (χ1n) is 5.50. The van der Waals surface area contributed by atoms with Crippen LogP contribution in [0.4, 0.5) is 17.6 Å². The van der Waals surface area contributed by atoms with Crippen LogP contribution in [-0.2, 0) is 6.61 Å². The van der Waals surface area contributed by atoms with Crippen molar-refractivity contribution in [1.82, 2.24) is 4.98 Å². The maximum Gasteiger partial charge on any atom is 0.573 e. The Labute approximate surface area is 111 Å². The SMILES string of the molecule is OCc1ccc(OC(F)(F)F)cc1-c1ccc(F)nc1. The van der Waals surface area contributed by atoms with Crippen molar-refractivity contribution in [1.29, 1.82) is 0 Å². The van der Waals surface area contributed by atoms with Crippen molar-refractivity contribution in [3.05, 3.63) is 48.0 Å². The quantitative estimate of drug-likeness (QED) is 0.696. The van der Waals surface area contributed by atoms with Gasteiger partial charge in [0.2, 0.25) is 5.95 Å². The molecule has 0 fully saturated rings. The molecular formula is C13H9F4NO2. The van der Waals surface area contributed by atoms with E-state index in [4.69, 9.17) is 0 Å². The number of aliphatic hydroxyl groups is 1. The highest BCUT2D eigenvalue weighted by Gasteiger charge is 2.31. The Morgan fingerprint density at radius 3 is 2.45 bits per heavy atom. The smallest absolute Gasteiger partial charge is 0.406 e. The van der Waals surface area contributed by atoms with Gasteiger partial charge in [-0.1, -0.05) is 6.07 Å². The minimum Gasteiger partial charge on any atom is -0.406 e. The monoisotopic (exact) mass is 287 g/mol. The average Bonchev–Trinajstić information content (AvgIpc) is 2.38. The first-order valence-corrected chi connectivity index (χ1v) is 5.50. The predicted octanol–water partition coefficient (Wildman–Crippen LogP) is 3.28. The van der Waals surface area contributed by atoms with Gasteiger partial charge < -0.3 is 9.84 Å². The highest BCUT2D eigenvalue weighted by atomic mass is 19.4. The fraction of sp³-hybridized carbons (Fsp3) is 0.154. The summed E-state index contributed by atoms with van der Waals surface area (Å²) in [5.41, 5.74) is 1.05. The van der Waals surface area contributed by atoms with Gasteiger partial charge in [-0.2, -0.15) is 4.39 Å². The highest BCUT2D eigenvalue weighted by molar-refractivity contribution is 5.68. The van der Waals surface area contributed by atoms with Crippen LogP contribution >= 0.6 is 0 Å². The van der Waals surface area contributed by atoms with E-state index in [1.165, 1.54) is 18.3 Å². The van der Waals surface area contributed by atoms with Gasteiger partial charge >= 0.3 is 6.36 Å². The molecule has 0 aliphatic heterocycles. The number of aromatic nitrogens is 1. The van der Waals surface area contributed by atoms with E-state index < -0.39 is 18.1 Å². The van der Waals surface area contributed by atoms with Crippen LogP contribution in [0.5, 0.6) is 5.75 Å². The molecule has 3 nitrogen and oxygen atoms in total. The number of halogens is 4. The van der Waals surface area contributed by atoms with Crippen LogP contribution in [0.3, 0.4) is 0 Å². The van der Waals surface area contributed by atoms with E-state index in [0.717, 1.165) is 18.2 Å². The van der Waals surface area contributed by atoms with Crippen molar-refractivity contribution in [2.75, 3.05) is 0 Å². The molecule has 0 bridgehead atoms. The number of nitrogens with zero attached hydrogens (tertiary/aromatic N) is 1. The molecule has 2 aromatic rings. The summed E-state index contributed by atoms with van der Waals surface area (Å²) in [5.74, 6) is -1.13. The Kier molecular flexibility index (Phi) is 3.89. The predicted molar refractivity (Wildman–Crippen MR) is 62.2 cm³/mol. The lowest BCUT2D eigenvalue weighted by Gasteiger charge is -2.12. The minimum absolute atomic E-state index is 0.293. The molecule has 1 N–H and O–H groups in total. The first-order chi connectivity index (χ1) is 9.39. The average molecular weight is 287 g/mol. The maximum absolute atomic E-state index is 12.8. The molecule has 106 valence electrons. The molecule has 0 unspecified atom stereocenters. The third-order valence-corrected chi connectivity index (χ3v) is 2.52. The maximum atomic E-state index is 12.8. The zero-order valence-electron chi connectivity index (χ0n) is 9.99. The van der Waals surface area contributed by atoms with Crippen LogP contribution in [0.2, 0.25) is 0 Å². The van der Waals surface area contributed by atoms with Gasteiger partial charge in [0, 0.05) is 11.8 Å². The number of pyridine rings is 1. The molecule has 0 spiro atoms. The van der Waals surface area contributed by atoms with Gasteiger partial charge in [0.1, 0.15) is 5.75 Å². The van der Waals surface area contributed by atoms with Crippen molar-refractivity contribution in [3.63, 3.8) is 0 Å². The first kappa shape index (κ1) is 14.3. The van der Waals surface area contributed by atoms with E-state index in [0.29, 0.717) is 16.7 Å². The molecule has 2 rings (SSSR count). The van der Waals surface area contributed by atoms with Crippen molar-refractivity contribution in [2.45, 2.75) is 13.0 Å². The van der Waals surface area contributed by atoms with Gasteiger partial charge in [0.15, 0.2) is 0 Å². The van der Waals surface area contributed by atoms with E-state index in [1.54, 1.807) is 0 Å². The molecule has 0 aliphatic rings. The Balaban J connectivity index is 2.44. The fourth-order valence-corrected chi connectivity index (χ4v) is 1.69. The second-order valence-electron chi connectivity index (χ2n) is 3.89. The number of hydrogen-bond acceptors (Lipinski definition) is 3. The van der Waals surface area contributed by atoms with E-state index in [1.807, 2.05) is 0 Å². The van der Waals surface area contributed by atoms with Crippen LogP contribution < -0.4 is 4.74 Å². The Morgan fingerprint density at radius 2 is 1.90 bits per heavy atom. The van der Waals surface area contributed by atoms with Gasteiger partial charge in [-0.3, -0.25) is 0 Å². The van der Waals surface area contributed by atoms with Crippen LogP contribution in [-0.4, -0.2) is 16.5 Å². The van der Waals surface area contributed by atoms with E-state index >= 15 is 0 Å². The summed E-state index contributed by atoms with van der Waals surface area (Å²) in [6.07, 6.45) is -3.64. The van der Waals surface area contributed by atoms with Crippen molar-refractivity contribution in [3.8, 4) is 16.9 Å². The molecule has 1 aromatic heterocycles. The lowest BCUT2D eigenvalue weighted by Crippen LogP contribution is -2.17. The van der Waals surface area contributed by atoms with Gasteiger partial charge in [0.25, 0.3) is 0 Å². The highest BCUT2D eigenvalue weighted by Crippen LogP contribution is 2.30. The van der Waals surface area contributed by atoms with E-state index in [9.17, 15) is 22.7 Å². The Bertz CT molecular complexity index is 596. The molecule has 0 saturated heterocycles. The molecule has 0 atom stereocenters. The zero-order valence-corrected chi connectivity index (χ0v) is 9.99. The Hall–Kier alpha value is -2.15. The number of alkyl halides is 3. The van der Waals surface area contributed by atoms with Crippen LogP contribution in [0.25, 0.3) is 11.1 Å². The second kappa shape index (κ2) is 5.46. The summed E-state index contributed by atoms with van der Waals surface area (Å²) in [6, 6.07) is 5.95. The summed E-state index contributed by atoms with van der Waals surface area (Å²) >= 11 is 0. The molecule has 1 aromatic carbocycles. The van der Waals surface area contributed by atoms with Gasteiger partial charge in [0.05, 0.1) is 6.61 Å². The molecular weight excluding hydrogens is 278 g/mol. The molecule has 0 radical (unpaired) electrons. The molecule has 20 heavy (non-hydrogen) atoms. The topological polar surface area (TPSA) is 42.4 Å². The molecule has 0 saturated carbocycles. The summed E-state index contributed by atoms with van der Waals surface area (Å²) < 4.78 is 53.1. The zero-order chi connectivity index (χ0) is 14.8. The number of hydrogen-bond donors (Lipinski definition) is 1. The third kappa shape index (κ3) is 3.45. The third-order valence-electron chi connectivity index (χ3n) is 2.52. The van der Waals surface area contributed by atoms with Crippen molar-refractivity contribution in [2.24, 2.45) is 0 Å². The molecule has 0 amide bonds. The largest absolute Gasteiger partial charge is 0.573 e. The lowest BCUT2D eigenvalue weighted by molar-refractivity contribution is -0.274. The standard InChI is InChI=1S/C13H9F4NO2/c14-12-4-2-8(6-18-12)11-5-10(20-13(15,16)17)3-1-9(11)7-19/h1-6,19H,7H2. The molecule has 7 heteroatoms. The minimum atomic E-state index is -4.81. The van der Waals surface area contributed by atoms with E-state index in [-0.39, 0.29) is 6.61 Å².